The molecule has 5 nitrogen and oxygen atoms in total. The lowest BCUT2D eigenvalue weighted by molar-refractivity contribution is -0.136. The maximum Gasteiger partial charge on any atom is 0.225 e. The van der Waals surface area contributed by atoms with Gasteiger partial charge in [-0.1, -0.05) is 19.9 Å². The monoisotopic (exact) mass is 451 g/mol. The van der Waals surface area contributed by atoms with Crippen LogP contribution in [0, 0.1) is 5.92 Å². The van der Waals surface area contributed by atoms with Gasteiger partial charge in [0.25, 0.3) is 0 Å². The number of carbonyl (C=O) groups is 1. The number of phenolic OH excluding ortho intramolecular Hbond substituents is 1. The Bertz CT molecular complexity index is 653. The minimum Gasteiger partial charge on any atom is -0.507 e. The Morgan fingerprint density at radius 2 is 1.86 bits per heavy atom. The molecular weight excluding hydrogens is 418 g/mol. The molecule has 156 valence electrons. The van der Waals surface area contributed by atoms with Crippen molar-refractivity contribution in [2.45, 2.75) is 45.6 Å². The topological polar surface area (TPSA) is 47.0 Å². The van der Waals surface area contributed by atoms with Crippen LogP contribution in [0.2, 0.25) is 0 Å². The number of piperidine rings is 1. The van der Waals surface area contributed by atoms with Gasteiger partial charge in [-0.3, -0.25) is 9.69 Å². The molecule has 2 aliphatic heterocycles. The number of phenols is 1. The van der Waals surface area contributed by atoms with Crippen molar-refractivity contribution in [2.24, 2.45) is 5.92 Å². The number of aromatic hydroxyl groups is 1. The molecule has 1 aromatic carbocycles. The second kappa shape index (κ2) is 10.1. The molecule has 0 unspecified atom stereocenters. The van der Waals surface area contributed by atoms with Gasteiger partial charge in [0.05, 0.1) is 4.47 Å². The summed E-state index contributed by atoms with van der Waals surface area (Å²) >= 11 is 3.35. The van der Waals surface area contributed by atoms with Crippen LogP contribution >= 0.6 is 15.9 Å². The molecule has 2 saturated heterocycles. The summed E-state index contributed by atoms with van der Waals surface area (Å²) in [4.78, 5) is 20.2. The first-order chi connectivity index (χ1) is 13.5. The van der Waals surface area contributed by atoms with E-state index in [1.807, 2.05) is 19.1 Å². The summed E-state index contributed by atoms with van der Waals surface area (Å²) in [7, 11) is 0. The summed E-state index contributed by atoms with van der Waals surface area (Å²) in [6.45, 7) is 12.0. The van der Waals surface area contributed by atoms with Crippen molar-refractivity contribution in [3.05, 3.63) is 28.2 Å². The Kier molecular flexibility index (Phi) is 7.77. The van der Waals surface area contributed by atoms with Crippen LogP contribution in [0.3, 0.4) is 0 Å². The third-order valence-electron chi connectivity index (χ3n) is 6.21. The molecule has 0 saturated carbocycles. The highest BCUT2D eigenvalue weighted by Crippen LogP contribution is 2.26. The first kappa shape index (κ1) is 21.6. The highest BCUT2D eigenvalue weighted by molar-refractivity contribution is 9.10. The summed E-state index contributed by atoms with van der Waals surface area (Å²) in [5.41, 5.74) is 1.07. The molecule has 2 heterocycles. The standard InChI is InChI=1S/C22H34BrN3O2/c1-3-8-24-11-13-25(14-12-24)19-6-9-26(10-7-19)22(28)17(2)15-18-4-5-21(27)20(23)16-18/h4-5,16-17,19,27H,3,6-15H2,1-2H3/t17-/m1/s1. The minimum absolute atomic E-state index is 0.0365. The fourth-order valence-corrected chi connectivity index (χ4v) is 4.98. The van der Waals surface area contributed by atoms with Crippen LogP contribution in [0.5, 0.6) is 5.75 Å². The normalized spacial score (nSPS) is 21.0. The average Bonchev–Trinajstić information content (AvgIpc) is 2.71. The Balaban J connectivity index is 1.45. The maximum atomic E-state index is 12.9. The molecule has 0 bridgehead atoms. The van der Waals surface area contributed by atoms with Crippen molar-refractivity contribution < 1.29 is 9.90 Å². The molecule has 3 rings (SSSR count). The van der Waals surface area contributed by atoms with Gasteiger partial charge in [-0.15, -0.1) is 0 Å². The highest BCUT2D eigenvalue weighted by Gasteiger charge is 2.30. The zero-order chi connectivity index (χ0) is 20.1. The number of hydrogen-bond acceptors (Lipinski definition) is 4. The van der Waals surface area contributed by atoms with Gasteiger partial charge < -0.3 is 14.9 Å². The predicted molar refractivity (Wildman–Crippen MR) is 117 cm³/mol. The SMILES string of the molecule is CCCN1CCN(C2CCN(C(=O)[C@H](C)Cc3ccc(O)c(Br)c3)CC2)CC1. The van der Waals surface area contributed by atoms with Gasteiger partial charge in [-0.05, 0) is 65.9 Å². The number of likely N-dealkylation sites (tertiary alicyclic amines) is 1. The molecule has 1 N–H and O–H groups in total. The van der Waals surface area contributed by atoms with Gasteiger partial charge in [0.2, 0.25) is 5.91 Å². The van der Waals surface area contributed by atoms with Crippen molar-refractivity contribution in [2.75, 3.05) is 45.8 Å². The van der Waals surface area contributed by atoms with Crippen molar-refractivity contribution in [3.63, 3.8) is 0 Å². The predicted octanol–water partition coefficient (Wildman–Crippen LogP) is 3.35. The summed E-state index contributed by atoms with van der Waals surface area (Å²) in [5.74, 6) is 0.460. The third-order valence-corrected chi connectivity index (χ3v) is 6.85. The molecule has 0 aromatic heterocycles. The molecule has 2 fully saturated rings. The minimum atomic E-state index is -0.0365. The van der Waals surface area contributed by atoms with E-state index in [4.69, 9.17) is 0 Å². The van der Waals surface area contributed by atoms with Crippen LogP contribution in [0.25, 0.3) is 0 Å². The summed E-state index contributed by atoms with van der Waals surface area (Å²) in [5, 5.41) is 9.64. The Labute approximate surface area is 177 Å². The largest absolute Gasteiger partial charge is 0.507 e. The van der Waals surface area contributed by atoms with Gasteiger partial charge in [-0.2, -0.15) is 0 Å². The maximum absolute atomic E-state index is 12.9. The number of piperazine rings is 1. The van der Waals surface area contributed by atoms with Crippen molar-refractivity contribution in [3.8, 4) is 5.75 Å². The van der Waals surface area contributed by atoms with Crippen LogP contribution in [0.15, 0.2) is 22.7 Å². The Morgan fingerprint density at radius 3 is 2.46 bits per heavy atom. The van der Waals surface area contributed by atoms with Crippen LogP contribution in [0.1, 0.15) is 38.7 Å². The number of rotatable bonds is 6. The molecule has 1 atom stereocenters. The van der Waals surface area contributed by atoms with Crippen LogP contribution in [-0.4, -0.2) is 77.6 Å². The lowest BCUT2D eigenvalue weighted by atomic mass is 9.97. The van der Waals surface area contributed by atoms with Crippen molar-refractivity contribution >= 4 is 21.8 Å². The second-order valence-electron chi connectivity index (χ2n) is 8.33. The number of halogens is 1. The van der Waals surface area contributed by atoms with Crippen molar-refractivity contribution in [1.82, 2.24) is 14.7 Å². The fraction of sp³-hybridized carbons (Fsp3) is 0.682. The first-order valence-electron chi connectivity index (χ1n) is 10.7. The van der Waals surface area contributed by atoms with E-state index in [1.54, 1.807) is 6.07 Å². The zero-order valence-corrected chi connectivity index (χ0v) is 18.8. The van der Waals surface area contributed by atoms with Crippen LogP contribution in [0.4, 0.5) is 0 Å². The van der Waals surface area contributed by atoms with E-state index >= 15 is 0 Å². The smallest absolute Gasteiger partial charge is 0.225 e. The summed E-state index contributed by atoms with van der Waals surface area (Å²) in [6.07, 6.45) is 4.13. The third kappa shape index (κ3) is 5.49. The number of carbonyl (C=O) groups excluding carboxylic acids is 1. The van der Waals surface area contributed by atoms with Gasteiger partial charge >= 0.3 is 0 Å². The summed E-state index contributed by atoms with van der Waals surface area (Å²) < 4.78 is 0.685. The molecular formula is C22H34BrN3O2. The number of nitrogens with zero attached hydrogens (tertiary/aromatic N) is 3. The van der Waals surface area contributed by atoms with Crippen LogP contribution < -0.4 is 0 Å². The Morgan fingerprint density at radius 1 is 1.18 bits per heavy atom. The zero-order valence-electron chi connectivity index (χ0n) is 17.2. The van der Waals surface area contributed by atoms with E-state index < -0.39 is 0 Å². The second-order valence-corrected chi connectivity index (χ2v) is 9.18. The van der Waals surface area contributed by atoms with E-state index in [-0.39, 0.29) is 17.6 Å². The quantitative estimate of drug-likeness (QED) is 0.719. The molecule has 0 spiro atoms. The van der Waals surface area contributed by atoms with Crippen molar-refractivity contribution in [1.29, 1.82) is 0 Å². The van der Waals surface area contributed by atoms with E-state index in [0.717, 1.165) is 31.5 Å². The molecule has 1 amide bonds. The van der Waals surface area contributed by atoms with E-state index in [2.05, 4.69) is 37.6 Å². The summed E-state index contributed by atoms with van der Waals surface area (Å²) in [6, 6.07) is 6.12. The van der Waals surface area contributed by atoms with Gasteiger partial charge in [-0.25, -0.2) is 0 Å². The van der Waals surface area contributed by atoms with E-state index in [1.165, 1.54) is 39.1 Å². The van der Waals surface area contributed by atoms with Gasteiger partial charge in [0.1, 0.15) is 5.75 Å². The molecule has 1 aromatic rings. The highest BCUT2D eigenvalue weighted by atomic mass is 79.9. The van der Waals surface area contributed by atoms with E-state index in [9.17, 15) is 9.90 Å². The average molecular weight is 452 g/mol. The Hall–Kier alpha value is -1.11. The lowest BCUT2D eigenvalue weighted by Gasteiger charge is -2.43. The number of amides is 1. The molecule has 28 heavy (non-hydrogen) atoms. The molecule has 0 radical (unpaired) electrons. The van der Waals surface area contributed by atoms with Gasteiger partial charge in [0, 0.05) is 51.2 Å². The number of benzene rings is 1. The first-order valence-corrected chi connectivity index (χ1v) is 11.5. The molecule has 0 aliphatic carbocycles. The van der Waals surface area contributed by atoms with Crippen LogP contribution in [-0.2, 0) is 11.2 Å². The molecule has 2 aliphatic rings. The molecule has 6 heteroatoms. The van der Waals surface area contributed by atoms with Gasteiger partial charge in [0.15, 0.2) is 0 Å². The van der Waals surface area contributed by atoms with E-state index in [0.29, 0.717) is 16.9 Å². The number of hydrogen-bond donors (Lipinski definition) is 1. The fourth-order valence-electron chi connectivity index (χ4n) is 4.55. The lowest BCUT2D eigenvalue weighted by Crippen LogP contribution is -2.54.